The molecule has 4 nitrogen and oxygen atoms in total. The number of hydrogen-bond acceptors (Lipinski definition) is 3. The average Bonchev–Trinajstić information content (AvgIpc) is 2.44. The van der Waals surface area contributed by atoms with Crippen LogP contribution in [0.25, 0.3) is 0 Å². The molecule has 110 valence electrons. The van der Waals surface area contributed by atoms with Crippen molar-refractivity contribution in [1.82, 2.24) is 4.90 Å². The van der Waals surface area contributed by atoms with Gasteiger partial charge in [0, 0.05) is 25.3 Å². The maximum absolute atomic E-state index is 12.0. The van der Waals surface area contributed by atoms with E-state index >= 15 is 0 Å². The van der Waals surface area contributed by atoms with Crippen LogP contribution in [0.3, 0.4) is 0 Å². The molecule has 0 atom stereocenters. The maximum atomic E-state index is 12.0. The van der Waals surface area contributed by atoms with E-state index in [4.69, 9.17) is 28.9 Å². The van der Waals surface area contributed by atoms with E-state index in [1.54, 1.807) is 50.5 Å². The Morgan fingerprint density at radius 3 is 2.43 bits per heavy atom. The van der Waals surface area contributed by atoms with Gasteiger partial charge in [0.05, 0.1) is 21.4 Å². The van der Waals surface area contributed by atoms with Gasteiger partial charge in [-0.3, -0.25) is 4.79 Å². The van der Waals surface area contributed by atoms with Crippen LogP contribution >= 0.6 is 23.2 Å². The standard InChI is InChI=1S/C15H15Cl2N3O/c1-20(2)15(21)9-3-6-13(18)14(7-9)19-10-4-5-11(16)12(17)8-10/h3-8,19H,18H2,1-2H3. The van der Waals surface area contributed by atoms with Gasteiger partial charge in [-0.15, -0.1) is 0 Å². The fourth-order valence-corrected chi connectivity index (χ4v) is 2.08. The van der Waals surface area contributed by atoms with Crippen LogP contribution in [0.5, 0.6) is 0 Å². The third kappa shape index (κ3) is 3.60. The summed E-state index contributed by atoms with van der Waals surface area (Å²) in [6, 6.07) is 10.3. The van der Waals surface area contributed by atoms with E-state index in [-0.39, 0.29) is 5.91 Å². The van der Waals surface area contributed by atoms with Crippen LogP contribution in [0.1, 0.15) is 10.4 Å². The second-order valence-electron chi connectivity index (χ2n) is 4.76. The first-order chi connectivity index (χ1) is 9.88. The number of hydrogen-bond donors (Lipinski definition) is 2. The lowest BCUT2D eigenvalue weighted by molar-refractivity contribution is 0.0827. The lowest BCUT2D eigenvalue weighted by Gasteiger charge is -2.14. The Kier molecular flexibility index (Phi) is 4.60. The van der Waals surface area contributed by atoms with Gasteiger partial charge in [0.2, 0.25) is 0 Å². The number of nitrogens with one attached hydrogen (secondary N) is 1. The quantitative estimate of drug-likeness (QED) is 0.838. The van der Waals surface area contributed by atoms with Crippen LogP contribution in [0.15, 0.2) is 36.4 Å². The molecular weight excluding hydrogens is 309 g/mol. The number of benzene rings is 2. The molecule has 0 aliphatic heterocycles. The Labute approximate surface area is 133 Å². The third-order valence-electron chi connectivity index (χ3n) is 2.91. The maximum Gasteiger partial charge on any atom is 0.253 e. The molecule has 6 heteroatoms. The summed E-state index contributed by atoms with van der Waals surface area (Å²) in [4.78, 5) is 13.5. The van der Waals surface area contributed by atoms with Gasteiger partial charge in [-0.1, -0.05) is 23.2 Å². The highest BCUT2D eigenvalue weighted by molar-refractivity contribution is 6.42. The number of nitrogen functional groups attached to an aromatic ring is 1. The molecule has 1 amide bonds. The normalized spacial score (nSPS) is 10.3. The van der Waals surface area contributed by atoms with Crippen molar-refractivity contribution in [1.29, 1.82) is 0 Å². The van der Waals surface area contributed by atoms with Gasteiger partial charge in [0.1, 0.15) is 0 Å². The second-order valence-corrected chi connectivity index (χ2v) is 5.57. The number of amides is 1. The molecule has 3 N–H and O–H groups in total. The summed E-state index contributed by atoms with van der Waals surface area (Å²) in [5, 5.41) is 4.06. The molecule has 2 rings (SSSR count). The first-order valence-electron chi connectivity index (χ1n) is 6.21. The SMILES string of the molecule is CN(C)C(=O)c1ccc(N)c(Nc2ccc(Cl)c(Cl)c2)c1. The van der Waals surface area contributed by atoms with Crippen LogP contribution in [0, 0.1) is 0 Å². The zero-order valence-corrected chi connectivity index (χ0v) is 13.2. The minimum absolute atomic E-state index is 0.0906. The molecule has 0 heterocycles. The van der Waals surface area contributed by atoms with Crippen molar-refractivity contribution in [2.45, 2.75) is 0 Å². The number of nitrogens with two attached hydrogens (primary N) is 1. The molecule has 0 bridgehead atoms. The molecule has 2 aromatic carbocycles. The largest absolute Gasteiger partial charge is 0.397 e. The highest BCUT2D eigenvalue weighted by atomic mass is 35.5. The van der Waals surface area contributed by atoms with Crippen LogP contribution in [-0.4, -0.2) is 24.9 Å². The number of anilines is 3. The van der Waals surface area contributed by atoms with E-state index < -0.39 is 0 Å². The van der Waals surface area contributed by atoms with Crippen molar-refractivity contribution in [3.63, 3.8) is 0 Å². The van der Waals surface area contributed by atoms with Crippen molar-refractivity contribution < 1.29 is 4.79 Å². The molecule has 0 aliphatic carbocycles. The van der Waals surface area contributed by atoms with Crippen LogP contribution in [0.2, 0.25) is 10.0 Å². The van der Waals surface area contributed by atoms with Gasteiger partial charge in [-0.2, -0.15) is 0 Å². The smallest absolute Gasteiger partial charge is 0.253 e. The van der Waals surface area contributed by atoms with E-state index in [0.717, 1.165) is 5.69 Å². The minimum Gasteiger partial charge on any atom is -0.397 e. The second kappa shape index (κ2) is 6.24. The summed E-state index contributed by atoms with van der Waals surface area (Å²) in [7, 11) is 3.40. The van der Waals surface area contributed by atoms with Crippen molar-refractivity contribution in [3.05, 3.63) is 52.0 Å². The highest BCUT2D eigenvalue weighted by Crippen LogP contribution is 2.29. The monoisotopic (exact) mass is 323 g/mol. The Morgan fingerprint density at radius 2 is 1.81 bits per heavy atom. The molecule has 0 unspecified atom stereocenters. The molecular formula is C15H15Cl2N3O. The Balaban J connectivity index is 2.32. The zero-order chi connectivity index (χ0) is 15.6. The Hall–Kier alpha value is -1.91. The number of carbonyl (C=O) groups excluding carboxylic acids is 1. The van der Waals surface area contributed by atoms with Gasteiger partial charge in [-0.05, 0) is 36.4 Å². The molecule has 0 saturated carbocycles. The fourth-order valence-electron chi connectivity index (χ4n) is 1.79. The minimum atomic E-state index is -0.0906. The van der Waals surface area contributed by atoms with E-state index in [9.17, 15) is 4.79 Å². The molecule has 0 saturated heterocycles. The number of rotatable bonds is 3. The van der Waals surface area contributed by atoms with Gasteiger partial charge >= 0.3 is 0 Å². The highest BCUT2D eigenvalue weighted by Gasteiger charge is 2.10. The van der Waals surface area contributed by atoms with Crippen LogP contribution < -0.4 is 11.1 Å². The third-order valence-corrected chi connectivity index (χ3v) is 3.64. The van der Waals surface area contributed by atoms with E-state index in [2.05, 4.69) is 5.32 Å². The first-order valence-corrected chi connectivity index (χ1v) is 6.97. The van der Waals surface area contributed by atoms with Crippen molar-refractivity contribution in [2.75, 3.05) is 25.1 Å². The molecule has 0 aliphatic rings. The number of carbonyl (C=O) groups is 1. The summed E-state index contributed by atoms with van der Waals surface area (Å²) in [6.45, 7) is 0. The van der Waals surface area contributed by atoms with Crippen LogP contribution in [-0.2, 0) is 0 Å². The zero-order valence-electron chi connectivity index (χ0n) is 11.7. The predicted octanol–water partition coefficient (Wildman–Crippen LogP) is 4.02. The van der Waals surface area contributed by atoms with Gasteiger partial charge in [0.15, 0.2) is 0 Å². The Bertz CT molecular complexity index is 687. The summed E-state index contributed by atoms with van der Waals surface area (Å²) < 4.78 is 0. The van der Waals surface area contributed by atoms with Gasteiger partial charge in [-0.25, -0.2) is 0 Å². The summed E-state index contributed by atoms with van der Waals surface area (Å²) in [5.74, 6) is -0.0906. The topological polar surface area (TPSA) is 58.4 Å². The summed E-state index contributed by atoms with van der Waals surface area (Å²) >= 11 is 11.9. The molecule has 21 heavy (non-hydrogen) atoms. The van der Waals surface area contributed by atoms with E-state index in [0.29, 0.717) is 27.0 Å². The van der Waals surface area contributed by atoms with Crippen molar-refractivity contribution in [2.24, 2.45) is 0 Å². The summed E-state index contributed by atoms with van der Waals surface area (Å²) in [5.41, 5.74) is 8.41. The molecule has 0 aromatic heterocycles. The number of nitrogens with zero attached hydrogens (tertiary/aromatic N) is 1. The lowest BCUT2D eigenvalue weighted by atomic mass is 10.1. The fraction of sp³-hybridized carbons (Fsp3) is 0.133. The molecule has 0 fully saturated rings. The lowest BCUT2D eigenvalue weighted by Crippen LogP contribution is -2.21. The van der Waals surface area contributed by atoms with Crippen molar-refractivity contribution >= 4 is 46.2 Å². The van der Waals surface area contributed by atoms with Crippen LogP contribution in [0.4, 0.5) is 17.1 Å². The average molecular weight is 324 g/mol. The Morgan fingerprint density at radius 1 is 1.10 bits per heavy atom. The molecule has 2 aromatic rings. The molecule has 0 spiro atoms. The van der Waals surface area contributed by atoms with E-state index in [1.165, 1.54) is 4.90 Å². The van der Waals surface area contributed by atoms with Crippen molar-refractivity contribution in [3.8, 4) is 0 Å². The molecule has 0 radical (unpaired) electrons. The first kappa shape index (κ1) is 15.5. The van der Waals surface area contributed by atoms with Gasteiger partial charge in [0.25, 0.3) is 5.91 Å². The number of halogens is 2. The summed E-state index contributed by atoms with van der Waals surface area (Å²) in [6.07, 6.45) is 0. The predicted molar refractivity (Wildman–Crippen MR) is 88.6 cm³/mol. The van der Waals surface area contributed by atoms with E-state index in [1.807, 2.05) is 0 Å². The van der Waals surface area contributed by atoms with Gasteiger partial charge < -0.3 is 16.0 Å².